The minimum atomic E-state index is -0.249. The fourth-order valence-corrected chi connectivity index (χ4v) is 5.09. The first kappa shape index (κ1) is 17.4. The summed E-state index contributed by atoms with van der Waals surface area (Å²) in [6.07, 6.45) is 11.4. The van der Waals surface area contributed by atoms with Crippen LogP contribution in [-0.2, 0) is 10.3 Å². The van der Waals surface area contributed by atoms with Crippen LogP contribution in [0.4, 0.5) is 5.69 Å². The van der Waals surface area contributed by atoms with Crippen LogP contribution < -0.4 is 10.1 Å². The zero-order valence-electron chi connectivity index (χ0n) is 16.4. The summed E-state index contributed by atoms with van der Waals surface area (Å²) in [5.41, 5.74) is 3.19. The Labute approximate surface area is 166 Å². The fourth-order valence-electron chi connectivity index (χ4n) is 5.09. The lowest BCUT2D eigenvalue weighted by molar-refractivity contribution is -0.137. The highest BCUT2D eigenvalue weighted by molar-refractivity contribution is 5.80. The molecule has 0 radical (unpaired) electrons. The molecule has 1 fully saturated rings. The maximum absolute atomic E-state index is 13.2. The second-order valence-electron chi connectivity index (χ2n) is 8.20. The van der Waals surface area contributed by atoms with Crippen molar-refractivity contribution in [2.75, 3.05) is 25.5 Å². The summed E-state index contributed by atoms with van der Waals surface area (Å²) in [5, 5.41) is 3.81. The first-order chi connectivity index (χ1) is 13.7. The maximum Gasteiger partial charge on any atom is 0.226 e. The molecule has 1 aliphatic carbocycles. The van der Waals surface area contributed by atoms with Gasteiger partial charge in [0.05, 0.1) is 29.7 Å². The standard InChI is InChI=1S/C23H27N3O2/c1-28-18-10-11-20-19(15-18)24-23(21-9-5-14-26(20)21)12-6-13-25(16-23)22(27)17-7-3-2-4-8-17/h2-3,5,9-11,14-15,17,24H,4,6-8,12-13,16H2,1H3/t17-,23-/m1/s1. The Morgan fingerprint density at radius 1 is 1.29 bits per heavy atom. The molecule has 1 aromatic carbocycles. The van der Waals surface area contributed by atoms with Gasteiger partial charge < -0.3 is 19.5 Å². The number of nitrogens with zero attached hydrogens (tertiary/aromatic N) is 2. The largest absolute Gasteiger partial charge is 0.497 e. The molecule has 1 aromatic heterocycles. The molecule has 2 atom stereocenters. The Balaban J connectivity index is 1.49. The molecule has 1 amide bonds. The van der Waals surface area contributed by atoms with Gasteiger partial charge >= 0.3 is 0 Å². The van der Waals surface area contributed by atoms with E-state index in [1.54, 1.807) is 7.11 Å². The topological polar surface area (TPSA) is 46.5 Å². The second-order valence-corrected chi connectivity index (χ2v) is 8.20. The van der Waals surface area contributed by atoms with Gasteiger partial charge in [-0.25, -0.2) is 0 Å². The van der Waals surface area contributed by atoms with Gasteiger partial charge in [0, 0.05) is 31.3 Å². The highest BCUT2D eigenvalue weighted by atomic mass is 16.5. The lowest BCUT2D eigenvalue weighted by atomic mass is 9.82. The molecule has 2 aliphatic heterocycles. The number of rotatable bonds is 2. The lowest BCUT2D eigenvalue weighted by Crippen LogP contribution is -2.55. The number of piperidine rings is 1. The number of ether oxygens (including phenoxy) is 1. The molecule has 0 unspecified atom stereocenters. The summed E-state index contributed by atoms with van der Waals surface area (Å²) in [4.78, 5) is 15.3. The molecule has 1 spiro atoms. The Kier molecular flexibility index (Phi) is 4.18. The normalized spacial score (nSPS) is 25.8. The number of aromatic nitrogens is 1. The van der Waals surface area contributed by atoms with Gasteiger partial charge in [-0.2, -0.15) is 0 Å². The first-order valence-electron chi connectivity index (χ1n) is 10.3. The van der Waals surface area contributed by atoms with E-state index >= 15 is 0 Å². The molecule has 5 nitrogen and oxygen atoms in total. The van der Waals surface area contributed by atoms with Crippen molar-refractivity contribution in [3.05, 3.63) is 54.4 Å². The van der Waals surface area contributed by atoms with Gasteiger partial charge in [-0.3, -0.25) is 4.79 Å². The smallest absolute Gasteiger partial charge is 0.226 e. The van der Waals surface area contributed by atoms with Crippen LogP contribution in [0.25, 0.3) is 5.69 Å². The van der Waals surface area contributed by atoms with Crippen LogP contribution in [0.2, 0.25) is 0 Å². The highest BCUT2D eigenvalue weighted by Crippen LogP contribution is 2.43. The van der Waals surface area contributed by atoms with E-state index in [0.717, 1.165) is 55.8 Å². The second kappa shape index (κ2) is 6.73. The monoisotopic (exact) mass is 377 g/mol. The number of hydrogen-bond acceptors (Lipinski definition) is 3. The predicted octanol–water partition coefficient (Wildman–Crippen LogP) is 4.09. The van der Waals surface area contributed by atoms with Crippen molar-refractivity contribution in [1.82, 2.24) is 9.47 Å². The van der Waals surface area contributed by atoms with Crippen LogP contribution in [0.5, 0.6) is 5.75 Å². The van der Waals surface area contributed by atoms with E-state index < -0.39 is 0 Å². The van der Waals surface area contributed by atoms with Gasteiger partial charge in [0.15, 0.2) is 0 Å². The van der Waals surface area contributed by atoms with Gasteiger partial charge in [-0.05, 0) is 56.4 Å². The van der Waals surface area contributed by atoms with Crippen molar-refractivity contribution >= 4 is 11.6 Å². The van der Waals surface area contributed by atoms with Crippen LogP contribution in [0.15, 0.2) is 48.7 Å². The van der Waals surface area contributed by atoms with E-state index in [9.17, 15) is 4.79 Å². The summed E-state index contributed by atoms with van der Waals surface area (Å²) in [7, 11) is 1.70. The third-order valence-electron chi connectivity index (χ3n) is 6.50. The molecule has 28 heavy (non-hydrogen) atoms. The number of allylic oxidation sites excluding steroid dienone is 2. The number of anilines is 1. The molecule has 3 heterocycles. The number of methoxy groups -OCH3 is 1. The molecular formula is C23H27N3O2. The van der Waals surface area contributed by atoms with E-state index in [1.807, 2.05) is 6.07 Å². The zero-order valence-corrected chi connectivity index (χ0v) is 16.4. The van der Waals surface area contributed by atoms with E-state index in [-0.39, 0.29) is 11.5 Å². The Morgan fingerprint density at radius 2 is 2.21 bits per heavy atom. The quantitative estimate of drug-likeness (QED) is 0.802. The van der Waals surface area contributed by atoms with Gasteiger partial charge in [-0.1, -0.05) is 12.2 Å². The van der Waals surface area contributed by atoms with Crippen LogP contribution in [0.3, 0.4) is 0 Å². The molecule has 5 heteroatoms. The average Bonchev–Trinajstić information content (AvgIpc) is 3.25. The van der Waals surface area contributed by atoms with Crippen molar-refractivity contribution in [3.63, 3.8) is 0 Å². The molecule has 0 bridgehead atoms. The summed E-state index contributed by atoms with van der Waals surface area (Å²) in [6.45, 7) is 1.57. The number of nitrogens with one attached hydrogen (secondary N) is 1. The van der Waals surface area contributed by atoms with E-state index in [2.05, 4.69) is 57.4 Å². The zero-order chi connectivity index (χ0) is 19.1. The SMILES string of the molecule is COc1ccc2c(c1)N[C@@]1(CCCN(C(=O)[C@@H]3CC=CCC3)C1)c1cccn1-2. The maximum atomic E-state index is 13.2. The summed E-state index contributed by atoms with van der Waals surface area (Å²) in [6, 6.07) is 10.4. The van der Waals surface area contributed by atoms with Crippen molar-refractivity contribution in [2.45, 2.75) is 37.6 Å². The Hall–Kier alpha value is -2.69. The van der Waals surface area contributed by atoms with Gasteiger partial charge in [0.1, 0.15) is 5.75 Å². The number of carbonyl (C=O) groups is 1. The molecule has 1 saturated heterocycles. The predicted molar refractivity (Wildman–Crippen MR) is 110 cm³/mol. The van der Waals surface area contributed by atoms with E-state index in [1.165, 1.54) is 5.69 Å². The molecule has 0 saturated carbocycles. The van der Waals surface area contributed by atoms with E-state index in [4.69, 9.17) is 4.74 Å². The van der Waals surface area contributed by atoms with Crippen LogP contribution in [0, 0.1) is 5.92 Å². The minimum absolute atomic E-state index is 0.142. The van der Waals surface area contributed by atoms with Crippen molar-refractivity contribution in [2.24, 2.45) is 5.92 Å². The van der Waals surface area contributed by atoms with Gasteiger partial charge in [-0.15, -0.1) is 0 Å². The third kappa shape index (κ3) is 2.72. The third-order valence-corrected chi connectivity index (χ3v) is 6.50. The number of amides is 1. The number of hydrogen-bond donors (Lipinski definition) is 1. The van der Waals surface area contributed by atoms with Crippen molar-refractivity contribution in [1.29, 1.82) is 0 Å². The molecule has 1 N–H and O–H groups in total. The highest BCUT2D eigenvalue weighted by Gasteiger charge is 2.44. The molecule has 2 aromatic rings. The summed E-state index contributed by atoms with van der Waals surface area (Å²) in [5.74, 6) is 1.30. The Morgan fingerprint density at radius 3 is 3.04 bits per heavy atom. The molecule has 146 valence electrons. The number of benzene rings is 1. The van der Waals surface area contributed by atoms with Gasteiger partial charge in [0.25, 0.3) is 0 Å². The molecule has 3 aliphatic rings. The van der Waals surface area contributed by atoms with Crippen molar-refractivity contribution < 1.29 is 9.53 Å². The number of likely N-dealkylation sites (tertiary alicyclic amines) is 1. The van der Waals surface area contributed by atoms with Crippen molar-refractivity contribution in [3.8, 4) is 11.4 Å². The van der Waals surface area contributed by atoms with Crippen LogP contribution >= 0.6 is 0 Å². The summed E-state index contributed by atoms with van der Waals surface area (Å²) >= 11 is 0. The van der Waals surface area contributed by atoms with E-state index in [0.29, 0.717) is 12.5 Å². The lowest BCUT2D eigenvalue weighted by Gasteiger charge is -2.47. The molecular weight excluding hydrogens is 350 g/mol. The average molecular weight is 377 g/mol. The van der Waals surface area contributed by atoms with Crippen LogP contribution in [-0.4, -0.2) is 35.6 Å². The molecule has 5 rings (SSSR count). The number of carbonyl (C=O) groups excluding carboxylic acids is 1. The van der Waals surface area contributed by atoms with Crippen LogP contribution in [0.1, 0.15) is 37.8 Å². The summed E-state index contributed by atoms with van der Waals surface area (Å²) < 4.78 is 7.71. The Bertz CT molecular complexity index is 932. The van der Waals surface area contributed by atoms with Gasteiger partial charge in [0.2, 0.25) is 5.91 Å². The first-order valence-corrected chi connectivity index (χ1v) is 10.3. The minimum Gasteiger partial charge on any atom is -0.497 e. The number of fused-ring (bicyclic) bond motifs is 4. The fraction of sp³-hybridized carbons (Fsp3) is 0.435.